The number of aryl methyl sites for hydroxylation is 1. The monoisotopic (exact) mass is 405 g/mol. The Morgan fingerprint density at radius 1 is 1.36 bits per heavy atom. The van der Waals surface area contributed by atoms with Crippen molar-refractivity contribution in [2.75, 3.05) is 19.4 Å². The third-order valence-corrected chi connectivity index (χ3v) is 4.28. The summed E-state index contributed by atoms with van der Waals surface area (Å²) < 4.78 is 3.52. The highest BCUT2D eigenvalue weighted by Crippen LogP contribution is 2.23. The van der Waals surface area contributed by atoms with Crippen molar-refractivity contribution in [3.63, 3.8) is 0 Å². The minimum absolute atomic E-state index is 0.172. The molecule has 0 unspecified atom stereocenters. The zero-order valence-electron chi connectivity index (χ0n) is 13.9. The quantitative estimate of drug-likeness (QED) is 0.711. The average Bonchev–Trinajstić information content (AvgIpc) is 3.15. The van der Waals surface area contributed by atoms with Gasteiger partial charge in [0.1, 0.15) is 5.69 Å². The van der Waals surface area contributed by atoms with Crippen molar-refractivity contribution in [1.82, 2.24) is 29.3 Å². The number of anilines is 1. The van der Waals surface area contributed by atoms with Crippen LogP contribution in [-0.2, 0) is 6.54 Å². The SMILES string of the molecule is CCn1ncc(NC(=O)c2nn3cccnc3c2Br)c1C(=O)N(C)C. The molecule has 3 aromatic rings. The normalized spacial score (nSPS) is 10.9. The van der Waals surface area contributed by atoms with Crippen molar-refractivity contribution >= 4 is 39.1 Å². The standard InChI is InChI=1S/C15H16BrN7O2/c1-4-22-12(15(25)21(2)3)9(8-18-22)19-14(24)11-10(16)13-17-6-5-7-23(13)20-11/h5-8H,4H2,1-3H3,(H,19,24). The lowest BCUT2D eigenvalue weighted by molar-refractivity contribution is 0.0816. The number of nitrogens with zero attached hydrogens (tertiary/aromatic N) is 6. The molecule has 9 nitrogen and oxygen atoms in total. The molecule has 0 aromatic carbocycles. The van der Waals surface area contributed by atoms with Crippen LogP contribution in [0.25, 0.3) is 5.65 Å². The van der Waals surface area contributed by atoms with E-state index in [2.05, 4.69) is 36.4 Å². The van der Waals surface area contributed by atoms with Crippen LogP contribution in [0.1, 0.15) is 27.9 Å². The maximum absolute atomic E-state index is 12.6. The second kappa shape index (κ2) is 6.63. The summed E-state index contributed by atoms with van der Waals surface area (Å²) in [7, 11) is 3.29. The molecule has 0 spiro atoms. The number of nitrogens with one attached hydrogen (secondary N) is 1. The number of carbonyl (C=O) groups is 2. The van der Waals surface area contributed by atoms with Gasteiger partial charge in [-0.05, 0) is 28.9 Å². The van der Waals surface area contributed by atoms with E-state index in [-0.39, 0.29) is 11.6 Å². The molecule has 25 heavy (non-hydrogen) atoms. The van der Waals surface area contributed by atoms with Crippen LogP contribution in [0.5, 0.6) is 0 Å². The highest BCUT2D eigenvalue weighted by atomic mass is 79.9. The van der Waals surface area contributed by atoms with Gasteiger partial charge in [0.25, 0.3) is 11.8 Å². The fourth-order valence-corrected chi connectivity index (χ4v) is 2.88. The number of aromatic nitrogens is 5. The molecule has 1 N–H and O–H groups in total. The van der Waals surface area contributed by atoms with Gasteiger partial charge in [0, 0.05) is 33.0 Å². The number of hydrogen-bond acceptors (Lipinski definition) is 5. The van der Waals surface area contributed by atoms with Crippen molar-refractivity contribution in [3.8, 4) is 0 Å². The third kappa shape index (κ3) is 3.00. The number of fused-ring (bicyclic) bond motifs is 1. The molecule has 130 valence electrons. The van der Waals surface area contributed by atoms with Gasteiger partial charge in [-0.2, -0.15) is 10.2 Å². The van der Waals surface area contributed by atoms with Crippen molar-refractivity contribution < 1.29 is 9.59 Å². The van der Waals surface area contributed by atoms with Crippen LogP contribution in [0.15, 0.2) is 29.1 Å². The Kier molecular flexibility index (Phi) is 4.53. The Labute approximate surface area is 151 Å². The fraction of sp³-hybridized carbons (Fsp3) is 0.267. The van der Waals surface area contributed by atoms with Gasteiger partial charge in [-0.1, -0.05) is 0 Å². The molecule has 0 aliphatic rings. The van der Waals surface area contributed by atoms with E-state index in [1.54, 1.807) is 32.6 Å². The highest BCUT2D eigenvalue weighted by molar-refractivity contribution is 9.10. The molecule has 0 bridgehead atoms. The second-order valence-corrected chi connectivity index (χ2v) is 6.22. The van der Waals surface area contributed by atoms with E-state index in [1.807, 2.05) is 6.92 Å². The summed E-state index contributed by atoms with van der Waals surface area (Å²) in [5.74, 6) is -0.703. The first-order valence-corrected chi connectivity index (χ1v) is 8.31. The van der Waals surface area contributed by atoms with Crippen molar-refractivity contribution in [2.24, 2.45) is 0 Å². The van der Waals surface area contributed by atoms with Crippen LogP contribution in [0.2, 0.25) is 0 Å². The highest BCUT2D eigenvalue weighted by Gasteiger charge is 2.24. The Morgan fingerprint density at radius 3 is 2.76 bits per heavy atom. The third-order valence-electron chi connectivity index (χ3n) is 3.55. The van der Waals surface area contributed by atoms with Gasteiger partial charge in [0.15, 0.2) is 11.3 Å². The smallest absolute Gasteiger partial charge is 0.277 e. The topological polar surface area (TPSA) is 97.4 Å². The molecule has 3 rings (SSSR count). The van der Waals surface area contributed by atoms with Gasteiger partial charge in [-0.25, -0.2) is 9.50 Å². The zero-order chi connectivity index (χ0) is 18.1. The van der Waals surface area contributed by atoms with Crippen molar-refractivity contribution in [3.05, 3.63) is 40.5 Å². The molecule has 0 saturated carbocycles. The van der Waals surface area contributed by atoms with Gasteiger partial charge in [-0.3, -0.25) is 14.3 Å². The molecule has 0 radical (unpaired) electrons. The molecular weight excluding hydrogens is 390 g/mol. The molecule has 2 amide bonds. The van der Waals surface area contributed by atoms with E-state index in [1.165, 1.54) is 20.3 Å². The molecule has 0 saturated heterocycles. The maximum atomic E-state index is 12.6. The Bertz CT molecular complexity index is 960. The first kappa shape index (κ1) is 17.1. The molecule has 10 heteroatoms. The summed E-state index contributed by atoms with van der Waals surface area (Å²) in [6.07, 6.45) is 4.77. The zero-order valence-corrected chi connectivity index (χ0v) is 15.5. The molecule has 0 fully saturated rings. The maximum Gasteiger partial charge on any atom is 0.277 e. The largest absolute Gasteiger partial charge is 0.343 e. The molecule has 0 aliphatic heterocycles. The second-order valence-electron chi connectivity index (χ2n) is 5.43. The van der Waals surface area contributed by atoms with Crippen molar-refractivity contribution in [1.29, 1.82) is 0 Å². The number of halogens is 1. The summed E-state index contributed by atoms with van der Waals surface area (Å²) in [6.45, 7) is 2.38. The first-order valence-electron chi connectivity index (χ1n) is 7.51. The van der Waals surface area contributed by atoms with Crippen LogP contribution >= 0.6 is 15.9 Å². The van der Waals surface area contributed by atoms with Gasteiger partial charge < -0.3 is 10.2 Å². The van der Waals surface area contributed by atoms with E-state index in [0.29, 0.717) is 28.0 Å². The van der Waals surface area contributed by atoms with E-state index in [4.69, 9.17) is 0 Å². The number of amides is 2. The van der Waals surface area contributed by atoms with E-state index >= 15 is 0 Å². The van der Waals surface area contributed by atoms with Crippen LogP contribution in [0.4, 0.5) is 5.69 Å². The number of carbonyl (C=O) groups excluding carboxylic acids is 2. The van der Waals surface area contributed by atoms with E-state index in [0.717, 1.165) is 0 Å². The molecule has 3 heterocycles. The summed E-state index contributed by atoms with van der Waals surface area (Å²) >= 11 is 3.35. The Morgan fingerprint density at radius 2 is 2.12 bits per heavy atom. The van der Waals surface area contributed by atoms with Crippen LogP contribution in [0.3, 0.4) is 0 Å². The predicted molar refractivity (Wildman–Crippen MR) is 94.6 cm³/mol. The molecule has 0 aliphatic carbocycles. The van der Waals surface area contributed by atoms with Crippen molar-refractivity contribution in [2.45, 2.75) is 13.5 Å². The minimum Gasteiger partial charge on any atom is -0.343 e. The molecular formula is C15H16BrN7O2. The summed E-state index contributed by atoms with van der Waals surface area (Å²) in [5.41, 5.74) is 1.36. The lowest BCUT2D eigenvalue weighted by atomic mass is 10.3. The van der Waals surface area contributed by atoms with Gasteiger partial charge in [0.2, 0.25) is 0 Å². The van der Waals surface area contributed by atoms with E-state index < -0.39 is 5.91 Å². The van der Waals surface area contributed by atoms with Crippen LogP contribution in [0, 0.1) is 0 Å². The lowest BCUT2D eigenvalue weighted by Gasteiger charge is -2.13. The lowest BCUT2D eigenvalue weighted by Crippen LogP contribution is -2.26. The summed E-state index contributed by atoms with van der Waals surface area (Å²) in [6, 6.07) is 1.72. The number of rotatable bonds is 4. The van der Waals surface area contributed by atoms with Gasteiger partial charge in [-0.15, -0.1) is 0 Å². The van der Waals surface area contributed by atoms with E-state index in [9.17, 15) is 9.59 Å². The molecule has 3 aromatic heterocycles. The predicted octanol–water partition coefficient (Wildman–Crippen LogP) is 1.66. The van der Waals surface area contributed by atoms with Crippen LogP contribution in [-0.4, -0.2) is 55.2 Å². The average molecular weight is 406 g/mol. The summed E-state index contributed by atoms with van der Waals surface area (Å²) in [5, 5.41) is 11.1. The first-order chi connectivity index (χ1) is 11.9. The van der Waals surface area contributed by atoms with Crippen LogP contribution < -0.4 is 5.32 Å². The summed E-state index contributed by atoms with van der Waals surface area (Å²) in [4.78, 5) is 30.7. The van der Waals surface area contributed by atoms with Gasteiger partial charge in [0.05, 0.1) is 16.4 Å². The molecule has 0 atom stereocenters. The fourth-order valence-electron chi connectivity index (χ4n) is 2.34. The Hall–Kier alpha value is -2.75. The minimum atomic E-state index is -0.458. The van der Waals surface area contributed by atoms with Gasteiger partial charge >= 0.3 is 0 Å². The number of hydrogen-bond donors (Lipinski definition) is 1. The Balaban J connectivity index is 1.97.